The topological polar surface area (TPSA) is 102 Å². The van der Waals surface area contributed by atoms with Crippen LogP contribution in [0.25, 0.3) is 5.69 Å². The number of para-hydroxylation sites is 2. The van der Waals surface area contributed by atoms with Crippen molar-refractivity contribution in [2.24, 2.45) is 0 Å². The van der Waals surface area contributed by atoms with Crippen LogP contribution < -0.4 is 16.3 Å². The number of rotatable bonds is 6. The Balaban J connectivity index is 1.59. The molecule has 1 aromatic heterocycles. The number of aryl methyl sites for hydroxylation is 1. The van der Waals surface area contributed by atoms with E-state index in [0.717, 1.165) is 12.1 Å². The molecule has 162 valence electrons. The number of hydrogen-bond donors (Lipinski definition) is 3. The van der Waals surface area contributed by atoms with Gasteiger partial charge in [0.2, 0.25) is 5.91 Å². The Morgan fingerprint density at radius 2 is 1.87 bits per heavy atom. The Morgan fingerprint density at radius 1 is 1.17 bits per heavy atom. The van der Waals surface area contributed by atoms with Crippen molar-refractivity contribution in [3.8, 4) is 5.69 Å². The van der Waals surface area contributed by atoms with Gasteiger partial charge in [-0.05, 0) is 32.4 Å². The molecule has 9 nitrogen and oxygen atoms in total. The molecule has 3 amide bonds. The predicted octanol–water partition coefficient (Wildman–Crippen LogP) is 1.54. The molecule has 0 saturated carbocycles. The Bertz CT molecular complexity index is 942. The molecule has 2 aromatic rings. The van der Waals surface area contributed by atoms with Gasteiger partial charge in [-0.2, -0.15) is 0 Å². The van der Waals surface area contributed by atoms with E-state index >= 15 is 0 Å². The van der Waals surface area contributed by atoms with Crippen LogP contribution >= 0.6 is 0 Å². The van der Waals surface area contributed by atoms with Crippen molar-refractivity contribution in [3.05, 3.63) is 46.6 Å². The molecule has 30 heavy (non-hydrogen) atoms. The van der Waals surface area contributed by atoms with Gasteiger partial charge in [0.05, 0.1) is 17.9 Å². The van der Waals surface area contributed by atoms with Crippen LogP contribution in [0.2, 0.25) is 0 Å². The average molecular weight is 415 g/mol. The normalized spacial score (nSPS) is 15.6. The summed E-state index contributed by atoms with van der Waals surface area (Å²) in [6, 6.07) is 7.17. The van der Waals surface area contributed by atoms with Crippen LogP contribution in [0.1, 0.15) is 26.0 Å². The third-order valence-corrected chi connectivity index (χ3v) is 5.39. The number of aromatic nitrogens is 2. The maximum absolute atomic E-state index is 12.8. The molecule has 1 aliphatic heterocycles. The standard InChI is InChI=1S/C21H30N6O3/c1-4-15(2)23-19(28)14-25-9-11-26(12-10-25)21(30)24-17-7-5-6-8-18(17)27-16(3)13-22-20(27)29/h5-8,13,15H,4,9-12,14H2,1-3H3,(H,22,29)(H,23,28)(H,24,30). The molecule has 1 fully saturated rings. The van der Waals surface area contributed by atoms with Gasteiger partial charge in [0.1, 0.15) is 0 Å². The molecule has 3 rings (SSSR count). The Kier molecular flexibility index (Phi) is 6.94. The predicted molar refractivity (Wildman–Crippen MR) is 116 cm³/mol. The third-order valence-electron chi connectivity index (χ3n) is 5.39. The molecule has 1 atom stereocenters. The fourth-order valence-electron chi connectivity index (χ4n) is 3.46. The second-order valence-corrected chi connectivity index (χ2v) is 7.66. The fourth-order valence-corrected chi connectivity index (χ4v) is 3.46. The van der Waals surface area contributed by atoms with Crippen LogP contribution in [0.3, 0.4) is 0 Å². The van der Waals surface area contributed by atoms with Crippen molar-refractivity contribution < 1.29 is 9.59 Å². The van der Waals surface area contributed by atoms with Crippen LogP contribution in [0.15, 0.2) is 35.3 Å². The van der Waals surface area contributed by atoms with Gasteiger partial charge >= 0.3 is 11.7 Å². The number of H-pyrrole nitrogens is 1. The van der Waals surface area contributed by atoms with E-state index in [2.05, 4.69) is 20.5 Å². The van der Waals surface area contributed by atoms with Gasteiger partial charge in [-0.15, -0.1) is 0 Å². The minimum absolute atomic E-state index is 0.0171. The van der Waals surface area contributed by atoms with Gasteiger partial charge in [-0.25, -0.2) is 9.59 Å². The van der Waals surface area contributed by atoms with Crippen molar-refractivity contribution >= 4 is 17.6 Å². The Labute approximate surface area is 176 Å². The largest absolute Gasteiger partial charge is 0.353 e. The zero-order valence-electron chi connectivity index (χ0n) is 17.8. The average Bonchev–Trinajstić information content (AvgIpc) is 3.06. The zero-order chi connectivity index (χ0) is 21.7. The SMILES string of the molecule is CCC(C)NC(=O)CN1CCN(C(=O)Nc2ccccc2-n2c(C)c[nH]c2=O)CC1. The summed E-state index contributed by atoms with van der Waals surface area (Å²) in [5.74, 6) is 0.0171. The van der Waals surface area contributed by atoms with Crippen LogP contribution in [0.4, 0.5) is 10.5 Å². The van der Waals surface area contributed by atoms with Gasteiger partial charge < -0.3 is 20.5 Å². The molecule has 1 saturated heterocycles. The number of nitrogens with zero attached hydrogens (tertiary/aromatic N) is 3. The lowest BCUT2D eigenvalue weighted by Gasteiger charge is -2.34. The summed E-state index contributed by atoms with van der Waals surface area (Å²) in [4.78, 5) is 43.4. The molecule has 0 bridgehead atoms. The number of anilines is 1. The number of imidazole rings is 1. The number of amides is 3. The van der Waals surface area contributed by atoms with Gasteiger partial charge in [0, 0.05) is 44.1 Å². The lowest BCUT2D eigenvalue weighted by atomic mass is 10.2. The lowest BCUT2D eigenvalue weighted by Crippen LogP contribution is -2.52. The van der Waals surface area contributed by atoms with Gasteiger partial charge in [-0.1, -0.05) is 19.1 Å². The number of piperazine rings is 1. The molecule has 0 spiro atoms. The van der Waals surface area contributed by atoms with Crippen LogP contribution in [-0.4, -0.2) is 70.1 Å². The van der Waals surface area contributed by atoms with Gasteiger partial charge in [-0.3, -0.25) is 14.3 Å². The van der Waals surface area contributed by atoms with Crippen LogP contribution in [0.5, 0.6) is 0 Å². The second kappa shape index (κ2) is 9.62. The molecule has 0 radical (unpaired) electrons. The minimum atomic E-state index is -0.251. The number of urea groups is 1. The highest BCUT2D eigenvalue weighted by molar-refractivity contribution is 5.91. The van der Waals surface area contributed by atoms with Gasteiger partial charge in [0.15, 0.2) is 0 Å². The van der Waals surface area contributed by atoms with Gasteiger partial charge in [0.25, 0.3) is 0 Å². The summed E-state index contributed by atoms with van der Waals surface area (Å²) in [5.41, 5.74) is 1.70. The van der Waals surface area contributed by atoms with Crippen LogP contribution in [-0.2, 0) is 4.79 Å². The van der Waals surface area contributed by atoms with E-state index in [0.29, 0.717) is 44.1 Å². The summed E-state index contributed by atoms with van der Waals surface area (Å²) in [6.45, 7) is 8.54. The molecule has 1 unspecified atom stereocenters. The number of carbonyl (C=O) groups is 2. The molecule has 3 N–H and O–H groups in total. The van der Waals surface area contributed by atoms with E-state index in [1.54, 1.807) is 23.2 Å². The first-order valence-electron chi connectivity index (χ1n) is 10.3. The quantitative estimate of drug-likeness (QED) is 0.667. The number of aromatic amines is 1. The monoisotopic (exact) mass is 414 g/mol. The van der Waals surface area contributed by atoms with E-state index in [1.165, 1.54) is 4.57 Å². The molecule has 2 heterocycles. The maximum Gasteiger partial charge on any atom is 0.330 e. The van der Waals surface area contributed by atoms with Crippen LogP contribution in [0, 0.1) is 6.92 Å². The van der Waals surface area contributed by atoms with E-state index in [-0.39, 0.29) is 23.7 Å². The van der Waals surface area contributed by atoms with Crippen molar-refractivity contribution in [1.29, 1.82) is 0 Å². The van der Waals surface area contributed by atoms with E-state index in [1.807, 2.05) is 32.9 Å². The highest BCUT2D eigenvalue weighted by atomic mass is 16.2. The molecule has 1 aliphatic rings. The smallest absolute Gasteiger partial charge is 0.330 e. The molecule has 0 aliphatic carbocycles. The zero-order valence-corrected chi connectivity index (χ0v) is 17.8. The summed E-state index contributed by atoms with van der Waals surface area (Å²) < 4.78 is 1.53. The third kappa shape index (κ3) is 5.10. The molecular weight excluding hydrogens is 384 g/mol. The van der Waals surface area contributed by atoms with E-state index in [4.69, 9.17) is 0 Å². The number of nitrogens with one attached hydrogen (secondary N) is 3. The van der Waals surface area contributed by atoms with Crippen molar-refractivity contribution in [2.75, 3.05) is 38.0 Å². The molecular formula is C21H30N6O3. The second-order valence-electron chi connectivity index (χ2n) is 7.66. The Hall–Kier alpha value is -3.07. The van der Waals surface area contributed by atoms with E-state index in [9.17, 15) is 14.4 Å². The summed E-state index contributed by atoms with van der Waals surface area (Å²) >= 11 is 0. The number of benzene rings is 1. The molecule has 9 heteroatoms. The minimum Gasteiger partial charge on any atom is -0.353 e. The molecule has 1 aromatic carbocycles. The number of carbonyl (C=O) groups excluding carboxylic acids is 2. The highest BCUT2D eigenvalue weighted by Gasteiger charge is 2.23. The van der Waals surface area contributed by atoms with Crippen molar-refractivity contribution in [1.82, 2.24) is 24.7 Å². The van der Waals surface area contributed by atoms with Crippen molar-refractivity contribution in [3.63, 3.8) is 0 Å². The van der Waals surface area contributed by atoms with Crippen molar-refractivity contribution in [2.45, 2.75) is 33.2 Å². The summed E-state index contributed by atoms with van der Waals surface area (Å²) in [5, 5.41) is 5.90. The summed E-state index contributed by atoms with van der Waals surface area (Å²) in [7, 11) is 0. The first-order chi connectivity index (χ1) is 14.4. The summed E-state index contributed by atoms with van der Waals surface area (Å²) in [6.07, 6.45) is 2.53. The number of hydrogen-bond acceptors (Lipinski definition) is 4. The first-order valence-corrected chi connectivity index (χ1v) is 10.3. The maximum atomic E-state index is 12.8. The highest BCUT2D eigenvalue weighted by Crippen LogP contribution is 2.20. The first kappa shape index (κ1) is 21.6. The fraction of sp³-hybridized carbons (Fsp3) is 0.476. The lowest BCUT2D eigenvalue weighted by molar-refractivity contribution is -0.123. The van der Waals surface area contributed by atoms with E-state index < -0.39 is 0 Å². The Morgan fingerprint density at radius 3 is 2.50 bits per heavy atom.